The van der Waals surface area contributed by atoms with Crippen LogP contribution in [0, 0.1) is 0 Å². The van der Waals surface area contributed by atoms with Crippen LogP contribution in [0.3, 0.4) is 0 Å². The number of nitrogens with one attached hydrogen (secondary N) is 1. The van der Waals surface area contributed by atoms with Crippen LogP contribution in [0.25, 0.3) is 10.9 Å². The lowest BCUT2D eigenvalue weighted by atomic mass is 10.0. The van der Waals surface area contributed by atoms with E-state index in [0.29, 0.717) is 13.0 Å². The van der Waals surface area contributed by atoms with Crippen LogP contribution >= 0.6 is 0 Å². The fourth-order valence-electron chi connectivity index (χ4n) is 3.84. The number of nitrogens with zero attached hydrogens (tertiary/aromatic N) is 2. The molecule has 0 radical (unpaired) electrons. The molecule has 15 heteroatoms. The molecule has 1 fully saturated rings. The Bertz CT molecular complexity index is 1310. The third-order valence-electron chi connectivity index (χ3n) is 5.55. The van der Waals surface area contributed by atoms with Crippen molar-refractivity contribution in [3.05, 3.63) is 24.4 Å². The van der Waals surface area contributed by atoms with Crippen molar-refractivity contribution in [3.63, 3.8) is 0 Å². The number of likely N-dealkylation sites (tertiary alicyclic amines) is 1. The Hall–Kier alpha value is -3.49. The molecule has 0 saturated carbocycles. The van der Waals surface area contributed by atoms with Crippen LogP contribution in [0.5, 0.6) is 17.2 Å². The number of piperidine rings is 1. The average molecular weight is 578 g/mol. The van der Waals surface area contributed by atoms with E-state index in [1.54, 1.807) is 20.8 Å². The number of amides is 2. The number of hydrogen-bond acceptors (Lipinski definition) is 9. The van der Waals surface area contributed by atoms with Gasteiger partial charge in [-0.15, -0.1) is 0 Å². The summed E-state index contributed by atoms with van der Waals surface area (Å²) in [5.41, 5.74) is -6.19. The molecule has 216 valence electrons. The highest BCUT2D eigenvalue weighted by atomic mass is 32.2. The Morgan fingerprint density at radius 3 is 2.59 bits per heavy atom. The number of hydrogen-bond donors (Lipinski definition) is 2. The molecule has 2 amide bonds. The van der Waals surface area contributed by atoms with Gasteiger partial charge in [0.05, 0.1) is 18.3 Å². The molecular weight excluding hydrogens is 547 g/mol. The molecule has 39 heavy (non-hydrogen) atoms. The van der Waals surface area contributed by atoms with Gasteiger partial charge in [0.15, 0.2) is 11.5 Å². The van der Waals surface area contributed by atoms with Crippen molar-refractivity contribution in [1.29, 1.82) is 0 Å². The van der Waals surface area contributed by atoms with E-state index in [4.69, 9.17) is 9.47 Å². The van der Waals surface area contributed by atoms with Crippen LogP contribution < -0.4 is 14.2 Å². The summed E-state index contributed by atoms with van der Waals surface area (Å²) < 4.78 is 77.1. The van der Waals surface area contributed by atoms with Gasteiger partial charge in [-0.1, -0.05) is 0 Å². The standard InChI is InChI=1S/C24H30F3N3O8S/c1-23(2,3)37-22(33)30-11-5-4-7-18(30)21(32)28-10-6-12-36-20-16-13-15(31)14-29-17(16)8-9-19(20)38-39(34,35)24(25,26)27/h8-9,13-14,18,31H,4-7,10-12H2,1-3H3,(H,28,32). The molecule has 1 aliphatic heterocycles. The van der Waals surface area contributed by atoms with Crippen molar-refractivity contribution in [3.8, 4) is 17.2 Å². The van der Waals surface area contributed by atoms with Gasteiger partial charge in [-0.25, -0.2) is 4.79 Å². The minimum Gasteiger partial charge on any atom is -0.506 e. The van der Waals surface area contributed by atoms with Crippen LogP contribution in [0.1, 0.15) is 46.5 Å². The first-order chi connectivity index (χ1) is 18.1. The van der Waals surface area contributed by atoms with E-state index < -0.39 is 39.1 Å². The largest absolute Gasteiger partial charge is 0.534 e. The summed E-state index contributed by atoms with van der Waals surface area (Å²) in [5.74, 6) is -1.84. The number of alkyl halides is 3. The Morgan fingerprint density at radius 2 is 1.92 bits per heavy atom. The number of fused-ring (bicyclic) bond motifs is 1. The predicted octanol–water partition coefficient (Wildman–Crippen LogP) is 3.84. The molecular formula is C24H30F3N3O8S. The lowest BCUT2D eigenvalue weighted by Crippen LogP contribution is -2.53. The van der Waals surface area contributed by atoms with Crippen molar-refractivity contribution >= 4 is 33.0 Å². The Kier molecular flexibility index (Phi) is 9.03. The zero-order valence-corrected chi connectivity index (χ0v) is 22.4. The fraction of sp³-hybridized carbons (Fsp3) is 0.542. The van der Waals surface area contributed by atoms with Crippen LogP contribution in [0.4, 0.5) is 18.0 Å². The first-order valence-electron chi connectivity index (χ1n) is 12.1. The summed E-state index contributed by atoms with van der Waals surface area (Å²) in [6.07, 6.45) is 2.63. The molecule has 1 aromatic carbocycles. The number of rotatable bonds is 8. The minimum absolute atomic E-state index is 0.0177. The third kappa shape index (κ3) is 7.77. The van der Waals surface area contributed by atoms with Crippen LogP contribution in [0.2, 0.25) is 0 Å². The number of pyridine rings is 1. The average Bonchev–Trinajstić information content (AvgIpc) is 2.82. The second-order valence-corrected chi connectivity index (χ2v) is 11.4. The first kappa shape index (κ1) is 30.1. The van der Waals surface area contributed by atoms with E-state index in [1.807, 2.05) is 0 Å². The highest BCUT2D eigenvalue weighted by Crippen LogP contribution is 2.39. The number of carbonyl (C=O) groups is 2. The number of halogens is 3. The van der Waals surface area contributed by atoms with Crippen LogP contribution in [0.15, 0.2) is 24.4 Å². The number of aromatic hydroxyl groups is 1. The molecule has 1 saturated heterocycles. The molecule has 1 unspecified atom stereocenters. The maximum Gasteiger partial charge on any atom is 0.534 e. The molecule has 2 N–H and O–H groups in total. The van der Waals surface area contributed by atoms with E-state index in [9.17, 15) is 36.3 Å². The second-order valence-electron chi connectivity index (χ2n) is 9.81. The van der Waals surface area contributed by atoms with Gasteiger partial charge in [-0.2, -0.15) is 21.6 Å². The molecule has 3 rings (SSSR count). The fourth-order valence-corrected chi connectivity index (χ4v) is 4.30. The van der Waals surface area contributed by atoms with Crippen molar-refractivity contribution in [2.24, 2.45) is 0 Å². The smallest absolute Gasteiger partial charge is 0.506 e. The number of carbonyl (C=O) groups excluding carboxylic acids is 2. The molecule has 1 aliphatic rings. The number of benzene rings is 1. The Morgan fingerprint density at radius 1 is 1.21 bits per heavy atom. The molecule has 0 bridgehead atoms. The van der Waals surface area contributed by atoms with Crippen molar-refractivity contribution in [2.45, 2.75) is 63.6 Å². The molecule has 1 aromatic heterocycles. The summed E-state index contributed by atoms with van der Waals surface area (Å²) in [6, 6.07) is 2.60. The summed E-state index contributed by atoms with van der Waals surface area (Å²) in [7, 11) is -6.00. The van der Waals surface area contributed by atoms with E-state index in [2.05, 4.69) is 14.5 Å². The van der Waals surface area contributed by atoms with Crippen molar-refractivity contribution < 1.29 is 49.9 Å². The quantitative estimate of drug-likeness (QED) is 0.272. The van der Waals surface area contributed by atoms with Gasteiger partial charge in [-0.05, 0) is 64.7 Å². The third-order valence-corrected chi connectivity index (χ3v) is 6.51. The number of aromatic nitrogens is 1. The van der Waals surface area contributed by atoms with Gasteiger partial charge in [0.25, 0.3) is 0 Å². The predicted molar refractivity (Wildman–Crippen MR) is 133 cm³/mol. The van der Waals surface area contributed by atoms with Gasteiger partial charge in [-0.3, -0.25) is 14.7 Å². The van der Waals surface area contributed by atoms with Crippen molar-refractivity contribution in [1.82, 2.24) is 15.2 Å². The minimum atomic E-state index is -6.00. The van der Waals surface area contributed by atoms with Crippen molar-refractivity contribution in [2.75, 3.05) is 19.7 Å². The van der Waals surface area contributed by atoms with Gasteiger partial charge < -0.3 is 24.1 Å². The van der Waals surface area contributed by atoms with Crippen LogP contribution in [-0.2, 0) is 19.6 Å². The summed E-state index contributed by atoms with van der Waals surface area (Å²) >= 11 is 0. The van der Waals surface area contributed by atoms with Gasteiger partial charge in [0.1, 0.15) is 17.4 Å². The molecule has 1 atom stereocenters. The summed E-state index contributed by atoms with van der Waals surface area (Å²) in [4.78, 5) is 30.7. The van der Waals surface area contributed by atoms with Gasteiger partial charge >= 0.3 is 21.7 Å². The molecule has 0 spiro atoms. The highest BCUT2D eigenvalue weighted by Gasteiger charge is 2.49. The van der Waals surface area contributed by atoms with E-state index in [0.717, 1.165) is 31.2 Å². The topological polar surface area (TPSA) is 144 Å². The Labute approximate surface area is 223 Å². The number of ether oxygens (including phenoxy) is 2. The van der Waals surface area contributed by atoms with E-state index in [1.165, 1.54) is 11.0 Å². The summed E-state index contributed by atoms with van der Waals surface area (Å²) in [5, 5.41) is 12.5. The maximum atomic E-state index is 12.9. The van der Waals surface area contributed by atoms with E-state index in [-0.39, 0.29) is 47.9 Å². The van der Waals surface area contributed by atoms with Gasteiger partial charge in [0.2, 0.25) is 5.91 Å². The molecule has 0 aliphatic carbocycles. The maximum absolute atomic E-state index is 12.9. The monoisotopic (exact) mass is 577 g/mol. The van der Waals surface area contributed by atoms with E-state index >= 15 is 0 Å². The highest BCUT2D eigenvalue weighted by molar-refractivity contribution is 7.88. The zero-order chi connectivity index (χ0) is 29.0. The van der Waals surface area contributed by atoms with Crippen LogP contribution in [-0.4, -0.2) is 72.3 Å². The lowest BCUT2D eigenvalue weighted by Gasteiger charge is -2.35. The first-order valence-corrected chi connectivity index (χ1v) is 13.5. The van der Waals surface area contributed by atoms with Gasteiger partial charge in [0, 0.05) is 18.5 Å². The molecule has 2 heterocycles. The lowest BCUT2D eigenvalue weighted by molar-refractivity contribution is -0.127. The zero-order valence-electron chi connectivity index (χ0n) is 21.6. The Balaban J connectivity index is 1.66. The second kappa shape index (κ2) is 11.7. The molecule has 2 aromatic rings. The normalized spacial score (nSPS) is 16.6. The molecule has 11 nitrogen and oxygen atoms in total. The SMILES string of the molecule is CC(C)(C)OC(=O)N1CCCCC1C(=O)NCCCOc1c(OS(=O)(=O)C(F)(F)F)ccc2ncc(O)cc12. The summed E-state index contributed by atoms with van der Waals surface area (Å²) in [6.45, 7) is 5.48.